The topological polar surface area (TPSA) is 92.7 Å². The lowest BCUT2D eigenvalue weighted by Crippen LogP contribution is -2.11. The van der Waals surface area contributed by atoms with E-state index < -0.39 is 16.0 Å². The van der Waals surface area contributed by atoms with Gasteiger partial charge in [-0.25, -0.2) is 13.2 Å². The number of aromatic carboxylic acids is 1. The van der Waals surface area contributed by atoms with E-state index in [4.69, 9.17) is 9.84 Å². The molecule has 19 heavy (non-hydrogen) atoms. The number of ether oxygens (including phenoxy) is 1. The van der Waals surface area contributed by atoms with Crippen LogP contribution in [0.5, 0.6) is 5.75 Å². The van der Waals surface area contributed by atoms with Crippen LogP contribution in [-0.2, 0) is 10.0 Å². The number of anilines is 1. The smallest absolute Gasteiger partial charge is 0.335 e. The maximum atomic E-state index is 11.2. The first kappa shape index (κ1) is 13.7. The van der Waals surface area contributed by atoms with Crippen LogP contribution in [0.2, 0.25) is 0 Å². The first-order valence-corrected chi connectivity index (χ1v) is 7.71. The molecule has 7 heteroatoms. The van der Waals surface area contributed by atoms with Gasteiger partial charge in [0.15, 0.2) is 0 Å². The summed E-state index contributed by atoms with van der Waals surface area (Å²) < 4.78 is 30.1. The zero-order chi connectivity index (χ0) is 14.0. The Morgan fingerprint density at radius 3 is 2.63 bits per heavy atom. The van der Waals surface area contributed by atoms with Gasteiger partial charge in [-0.2, -0.15) is 0 Å². The number of sulfonamides is 1. The van der Waals surface area contributed by atoms with E-state index >= 15 is 0 Å². The van der Waals surface area contributed by atoms with E-state index in [1.165, 1.54) is 18.2 Å². The maximum Gasteiger partial charge on any atom is 0.335 e. The number of hydrogen-bond acceptors (Lipinski definition) is 4. The molecular weight excluding hydrogens is 270 g/mol. The summed E-state index contributed by atoms with van der Waals surface area (Å²) in [4.78, 5) is 11.0. The fourth-order valence-corrected chi connectivity index (χ4v) is 2.12. The van der Waals surface area contributed by atoms with Gasteiger partial charge in [-0.05, 0) is 30.9 Å². The van der Waals surface area contributed by atoms with Gasteiger partial charge in [0.2, 0.25) is 10.0 Å². The predicted octanol–water partition coefficient (Wildman–Crippen LogP) is 1.55. The molecule has 0 spiro atoms. The minimum absolute atomic E-state index is 0.0144. The summed E-state index contributed by atoms with van der Waals surface area (Å²) in [5, 5.41) is 8.99. The molecule has 0 saturated heterocycles. The molecule has 1 aromatic carbocycles. The molecule has 1 aliphatic carbocycles. The zero-order valence-corrected chi connectivity index (χ0v) is 11.2. The monoisotopic (exact) mass is 285 g/mol. The second kappa shape index (κ2) is 5.08. The van der Waals surface area contributed by atoms with Crippen LogP contribution < -0.4 is 9.46 Å². The molecule has 0 amide bonds. The number of hydrogen-bond donors (Lipinski definition) is 2. The lowest BCUT2D eigenvalue weighted by atomic mass is 10.2. The van der Waals surface area contributed by atoms with E-state index in [1.807, 2.05) is 0 Å². The average Bonchev–Trinajstić information content (AvgIpc) is 3.07. The average molecular weight is 285 g/mol. The number of benzene rings is 1. The van der Waals surface area contributed by atoms with Gasteiger partial charge in [-0.1, -0.05) is 0 Å². The van der Waals surface area contributed by atoms with Crippen molar-refractivity contribution in [3.05, 3.63) is 23.8 Å². The number of carboxylic acids is 1. The summed E-state index contributed by atoms with van der Waals surface area (Å²) in [6.07, 6.45) is 3.24. The molecule has 1 saturated carbocycles. The molecule has 0 unspecified atom stereocenters. The van der Waals surface area contributed by atoms with Crippen molar-refractivity contribution in [1.82, 2.24) is 0 Å². The lowest BCUT2D eigenvalue weighted by molar-refractivity contribution is 0.0696. The fraction of sp³-hybridized carbons (Fsp3) is 0.417. The quantitative estimate of drug-likeness (QED) is 0.827. The Bertz CT molecular complexity index is 592. The Morgan fingerprint density at radius 1 is 1.42 bits per heavy atom. The number of carboxylic acid groups (broad SMARTS) is 1. The van der Waals surface area contributed by atoms with Gasteiger partial charge in [0, 0.05) is 6.07 Å². The SMILES string of the molecule is CS(=O)(=O)Nc1cc(OCC2CC2)cc(C(=O)O)c1. The predicted molar refractivity (Wildman–Crippen MR) is 70.1 cm³/mol. The van der Waals surface area contributed by atoms with Crippen molar-refractivity contribution >= 4 is 21.7 Å². The minimum atomic E-state index is -3.45. The molecule has 0 bridgehead atoms. The van der Waals surface area contributed by atoms with Gasteiger partial charge in [-0.15, -0.1) is 0 Å². The summed E-state index contributed by atoms with van der Waals surface area (Å²) in [6, 6.07) is 4.13. The molecular formula is C12H15NO5S. The molecule has 0 aromatic heterocycles. The Balaban J connectivity index is 2.22. The maximum absolute atomic E-state index is 11.2. The van der Waals surface area contributed by atoms with Crippen LogP contribution in [0.1, 0.15) is 23.2 Å². The van der Waals surface area contributed by atoms with Crippen LogP contribution >= 0.6 is 0 Å². The van der Waals surface area contributed by atoms with Gasteiger partial charge < -0.3 is 9.84 Å². The number of carbonyl (C=O) groups is 1. The largest absolute Gasteiger partial charge is 0.493 e. The molecule has 0 aliphatic heterocycles. The van der Waals surface area contributed by atoms with Crippen LogP contribution in [0.25, 0.3) is 0 Å². The summed E-state index contributed by atoms with van der Waals surface area (Å²) in [7, 11) is -3.45. The number of nitrogens with one attached hydrogen (secondary N) is 1. The third-order valence-corrected chi connectivity index (χ3v) is 3.25. The minimum Gasteiger partial charge on any atom is -0.493 e. The van der Waals surface area contributed by atoms with Crippen molar-refractivity contribution in [2.45, 2.75) is 12.8 Å². The summed E-state index contributed by atoms with van der Waals surface area (Å²) in [5.74, 6) is -0.244. The lowest BCUT2D eigenvalue weighted by Gasteiger charge is -2.10. The molecule has 2 rings (SSSR count). The van der Waals surface area contributed by atoms with Gasteiger partial charge in [-0.3, -0.25) is 4.72 Å². The van der Waals surface area contributed by atoms with E-state index in [2.05, 4.69) is 4.72 Å². The van der Waals surface area contributed by atoms with E-state index in [0.717, 1.165) is 19.1 Å². The van der Waals surface area contributed by atoms with Crippen molar-refractivity contribution < 1.29 is 23.1 Å². The Hall–Kier alpha value is -1.76. The zero-order valence-electron chi connectivity index (χ0n) is 10.4. The van der Waals surface area contributed by atoms with Crippen molar-refractivity contribution in [3.8, 4) is 5.75 Å². The third-order valence-electron chi connectivity index (χ3n) is 2.64. The molecule has 104 valence electrons. The number of rotatable bonds is 6. The van der Waals surface area contributed by atoms with Crippen LogP contribution in [0.15, 0.2) is 18.2 Å². The summed E-state index contributed by atoms with van der Waals surface area (Å²) in [5.41, 5.74) is 0.174. The Kier molecular flexibility index (Phi) is 3.66. The second-order valence-electron chi connectivity index (χ2n) is 4.68. The van der Waals surface area contributed by atoms with Crippen LogP contribution in [0, 0.1) is 5.92 Å². The second-order valence-corrected chi connectivity index (χ2v) is 6.43. The first-order valence-electron chi connectivity index (χ1n) is 5.82. The molecule has 1 aliphatic rings. The van der Waals surface area contributed by atoms with Crippen molar-refractivity contribution in [3.63, 3.8) is 0 Å². The molecule has 6 nitrogen and oxygen atoms in total. The van der Waals surface area contributed by atoms with E-state index in [-0.39, 0.29) is 11.3 Å². The summed E-state index contributed by atoms with van der Waals surface area (Å²) in [6.45, 7) is 0.529. The standard InChI is InChI=1S/C12H15NO5S/c1-19(16,17)13-10-4-9(12(14)15)5-11(6-10)18-7-8-2-3-8/h4-6,8,13H,2-3,7H2,1H3,(H,14,15). The highest BCUT2D eigenvalue weighted by Gasteiger charge is 2.22. The Morgan fingerprint density at radius 2 is 2.11 bits per heavy atom. The van der Waals surface area contributed by atoms with E-state index in [1.54, 1.807) is 0 Å². The fourth-order valence-electron chi connectivity index (χ4n) is 1.58. The molecule has 2 N–H and O–H groups in total. The van der Waals surface area contributed by atoms with Crippen LogP contribution in [0.3, 0.4) is 0 Å². The van der Waals surface area contributed by atoms with Crippen molar-refractivity contribution in [1.29, 1.82) is 0 Å². The molecule has 0 atom stereocenters. The van der Waals surface area contributed by atoms with Crippen LogP contribution in [-0.4, -0.2) is 32.4 Å². The van der Waals surface area contributed by atoms with Crippen LogP contribution in [0.4, 0.5) is 5.69 Å². The molecule has 1 aromatic rings. The highest BCUT2D eigenvalue weighted by Crippen LogP contribution is 2.30. The summed E-state index contributed by atoms with van der Waals surface area (Å²) >= 11 is 0. The molecule has 1 fully saturated rings. The van der Waals surface area contributed by atoms with Gasteiger partial charge in [0.25, 0.3) is 0 Å². The molecule has 0 radical (unpaired) electrons. The normalized spacial score (nSPS) is 15.0. The highest BCUT2D eigenvalue weighted by molar-refractivity contribution is 7.92. The Labute approximate surface area is 111 Å². The highest BCUT2D eigenvalue weighted by atomic mass is 32.2. The van der Waals surface area contributed by atoms with Gasteiger partial charge in [0.1, 0.15) is 5.75 Å². The van der Waals surface area contributed by atoms with Crippen molar-refractivity contribution in [2.75, 3.05) is 17.6 Å². The van der Waals surface area contributed by atoms with E-state index in [0.29, 0.717) is 18.3 Å². The van der Waals surface area contributed by atoms with E-state index in [9.17, 15) is 13.2 Å². The van der Waals surface area contributed by atoms with Crippen molar-refractivity contribution in [2.24, 2.45) is 5.92 Å². The third kappa shape index (κ3) is 4.44. The first-order chi connectivity index (χ1) is 8.83. The molecule has 0 heterocycles. The van der Waals surface area contributed by atoms with Gasteiger partial charge in [0.05, 0.1) is 24.1 Å². The van der Waals surface area contributed by atoms with Gasteiger partial charge >= 0.3 is 5.97 Å².